The summed E-state index contributed by atoms with van der Waals surface area (Å²) in [5.74, 6) is 0.675. The van der Waals surface area contributed by atoms with E-state index in [-0.39, 0.29) is 0 Å². The van der Waals surface area contributed by atoms with E-state index in [1.54, 1.807) is 0 Å². The average molecular weight is 318 g/mol. The van der Waals surface area contributed by atoms with Gasteiger partial charge in [-0.05, 0) is 49.3 Å². The van der Waals surface area contributed by atoms with Crippen molar-refractivity contribution in [2.24, 2.45) is 5.92 Å². The first kappa shape index (κ1) is 16.3. The van der Waals surface area contributed by atoms with Gasteiger partial charge in [-0.2, -0.15) is 0 Å². The number of rotatable bonds is 5. The predicted molar refractivity (Wildman–Crippen MR) is 87.9 cm³/mol. The van der Waals surface area contributed by atoms with Crippen LogP contribution >= 0.6 is 0 Å². The molecule has 1 aromatic carbocycles. The molecule has 0 bridgehead atoms. The van der Waals surface area contributed by atoms with E-state index in [1.807, 2.05) is 24.3 Å². The summed E-state index contributed by atoms with van der Waals surface area (Å²) < 4.78 is 11.3. The van der Waals surface area contributed by atoms with Crippen molar-refractivity contribution in [2.75, 3.05) is 19.8 Å². The second-order valence-electron chi connectivity index (χ2n) is 6.84. The van der Waals surface area contributed by atoms with Crippen LogP contribution in [0.25, 0.3) is 0 Å². The molecule has 1 saturated carbocycles. The van der Waals surface area contributed by atoms with E-state index in [1.165, 1.54) is 32.1 Å². The molecule has 1 heterocycles. The number of carboxylic acid groups (broad SMARTS) is 1. The van der Waals surface area contributed by atoms with Gasteiger partial charge >= 0.3 is 5.97 Å². The third-order valence-corrected chi connectivity index (χ3v) is 5.35. The van der Waals surface area contributed by atoms with Gasteiger partial charge in [0, 0.05) is 13.2 Å². The predicted octanol–water partition coefficient (Wildman–Crippen LogP) is 3.78. The van der Waals surface area contributed by atoms with Gasteiger partial charge in [0.15, 0.2) is 0 Å². The molecule has 0 radical (unpaired) electrons. The van der Waals surface area contributed by atoms with Crippen LogP contribution in [0.15, 0.2) is 24.3 Å². The molecule has 0 atom stereocenters. The molecule has 1 N–H and O–H groups in total. The molecule has 3 rings (SSSR count). The van der Waals surface area contributed by atoms with Crippen LogP contribution in [0, 0.1) is 5.92 Å². The normalized spacial score (nSPS) is 21.7. The van der Waals surface area contributed by atoms with Crippen LogP contribution in [0.4, 0.5) is 0 Å². The van der Waals surface area contributed by atoms with E-state index in [0.29, 0.717) is 32.0 Å². The highest BCUT2D eigenvalue weighted by atomic mass is 16.5. The van der Waals surface area contributed by atoms with Gasteiger partial charge in [0.25, 0.3) is 0 Å². The van der Waals surface area contributed by atoms with Crippen molar-refractivity contribution in [3.63, 3.8) is 0 Å². The maximum absolute atomic E-state index is 11.9. The van der Waals surface area contributed by atoms with Crippen LogP contribution in [0.5, 0.6) is 5.75 Å². The highest BCUT2D eigenvalue weighted by Crippen LogP contribution is 2.36. The Morgan fingerprint density at radius 2 is 1.96 bits per heavy atom. The van der Waals surface area contributed by atoms with Gasteiger partial charge < -0.3 is 14.6 Å². The van der Waals surface area contributed by atoms with E-state index in [2.05, 4.69) is 0 Å². The molecular formula is C19H26O4. The number of aliphatic carboxylic acids is 1. The van der Waals surface area contributed by atoms with Crippen molar-refractivity contribution < 1.29 is 19.4 Å². The van der Waals surface area contributed by atoms with Crippen molar-refractivity contribution in [3.05, 3.63) is 29.8 Å². The Labute approximate surface area is 137 Å². The van der Waals surface area contributed by atoms with Crippen molar-refractivity contribution in [1.82, 2.24) is 0 Å². The van der Waals surface area contributed by atoms with Crippen LogP contribution in [0.2, 0.25) is 0 Å². The Hall–Kier alpha value is -1.55. The first-order valence-electron chi connectivity index (χ1n) is 8.75. The molecule has 2 aliphatic rings. The molecule has 23 heavy (non-hydrogen) atoms. The van der Waals surface area contributed by atoms with E-state index < -0.39 is 11.4 Å². The molecular weight excluding hydrogens is 292 g/mol. The van der Waals surface area contributed by atoms with E-state index in [4.69, 9.17) is 9.47 Å². The maximum Gasteiger partial charge on any atom is 0.314 e. The lowest BCUT2D eigenvalue weighted by atomic mass is 9.74. The van der Waals surface area contributed by atoms with Crippen molar-refractivity contribution in [1.29, 1.82) is 0 Å². The lowest BCUT2D eigenvalue weighted by Gasteiger charge is -2.33. The second-order valence-corrected chi connectivity index (χ2v) is 6.84. The van der Waals surface area contributed by atoms with Gasteiger partial charge in [0.1, 0.15) is 5.75 Å². The third-order valence-electron chi connectivity index (χ3n) is 5.35. The first-order valence-corrected chi connectivity index (χ1v) is 8.75. The SMILES string of the molecule is O=C(O)C1(c2cccc(OCC3CCCCC3)c2)CCOCC1. The average Bonchev–Trinajstić information content (AvgIpc) is 2.61. The van der Waals surface area contributed by atoms with Gasteiger partial charge in [-0.3, -0.25) is 4.79 Å². The molecule has 126 valence electrons. The highest BCUT2D eigenvalue weighted by molar-refractivity contribution is 5.81. The third kappa shape index (κ3) is 3.69. The molecule has 1 saturated heterocycles. The molecule has 2 fully saturated rings. The quantitative estimate of drug-likeness (QED) is 0.897. The molecule has 0 spiro atoms. The minimum atomic E-state index is -0.831. The van der Waals surface area contributed by atoms with Crippen LogP contribution in [-0.2, 0) is 14.9 Å². The van der Waals surface area contributed by atoms with Gasteiger partial charge in [-0.15, -0.1) is 0 Å². The number of ether oxygens (including phenoxy) is 2. The summed E-state index contributed by atoms with van der Waals surface area (Å²) in [6.45, 7) is 1.74. The Kier molecular flexibility index (Phi) is 5.21. The Morgan fingerprint density at radius 3 is 2.65 bits per heavy atom. The van der Waals surface area contributed by atoms with E-state index in [0.717, 1.165) is 17.9 Å². The van der Waals surface area contributed by atoms with Gasteiger partial charge in [-0.25, -0.2) is 0 Å². The number of hydrogen-bond acceptors (Lipinski definition) is 3. The monoisotopic (exact) mass is 318 g/mol. The topological polar surface area (TPSA) is 55.8 Å². The standard InChI is InChI=1S/C19H26O4/c20-18(21)19(9-11-22-12-10-19)16-7-4-8-17(13-16)23-14-15-5-2-1-3-6-15/h4,7-8,13,15H,1-3,5-6,9-12,14H2,(H,20,21). The molecule has 0 amide bonds. The number of carboxylic acids is 1. The lowest BCUT2D eigenvalue weighted by Crippen LogP contribution is -2.41. The zero-order valence-electron chi connectivity index (χ0n) is 13.6. The largest absolute Gasteiger partial charge is 0.493 e. The molecule has 4 heteroatoms. The fraction of sp³-hybridized carbons (Fsp3) is 0.632. The van der Waals surface area contributed by atoms with Crippen LogP contribution < -0.4 is 4.74 Å². The fourth-order valence-corrected chi connectivity index (χ4v) is 3.80. The van der Waals surface area contributed by atoms with Gasteiger partial charge in [0.05, 0.1) is 12.0 Å². The zero-order chi connectivity index (χ0) is 16.1. The summed E-state index contributed by atoms with van der Waals surface area (Å²) >= 11 is 0. The Balaban J connectivity index is 1.71. The molecule has 0 aromatic heterocycles. The summed E-state index contributed by atoms with van der Waals surface area (Å²) in [6.07, 6.45) is 7.48. The molecule has 1 aliphatic heterocycles. The van der Waals surface area contributed by atoms with Crippen molar-refractivity contribution >= 4 is 5.97 Å². The maximum atomic E-state index is 11.9. The van der Waals surface area contributed by atoms with Crippen LogP contribution in [0.3, 0.4) is 0 Å². The summed E-state index contributed by atoms with van der Waals surface area (Å²) in [4.78, 5) is 11.9. The van der Waals surface area contributed by atoms with Gasteiger partial charge in [0.2, 0.25) is 0 Å². The van der Waals surface area contributed by atoms with Crippen molar-refractivity contribution in [2.45, 2.75) is 50.4 Å². The summed E-state index contributed by atoms with van der Waals surface area (Å²) in [5.41, 5.74) is 0.0112. The molecule has 0 unspecified atom stereocenters. The second kappa shape index (κ2) is 7.35. The van der Waals surface area contributed by atoms with Crippen LogP contribution in [0.1, 0.15) is 50.5 Å². The number of hydrogen-bond donors (Lipinski definition) is 1. The van der Waals surface area contributed by atoms with E-state index >= 15 is 0 Å². The molecule has 1 aliphatic carbocycles. The summed E-state index contributed by atoms with van der Waals surface area (Å²) in [7, 11) is 0. The molecule has 1 aromatic rings. The van der Waals surface area contributed by atoms with Gasteiger partial charge in [-0.1, -0.05) is 31.4 Å². The minimum absolute atomic E-state index is 0.499. The smallest absolute Gasteiger partial charge is 0.314 e. The summed E-state index contributed by atoms with van der Waals surface area (Å²) in [5, 5.41) is 9.77. The first-order chi connectivity index (χ1) is 11.2. The zero-order valence-corrected chi connectivity index (χ0v) is 13.6. The number of carbonyl (C=O) groups is 1. The number of benzene rings is 1. The fourth-order valence-electron chi connectivity index (χ4n) is 3.80. The Bertz CT molecular complexity index is 528. The lowest BCUT2D eigenvalue weighted by molar-refractivity contribution is -0.147. The molecule has 4 nitrogen and oxygen atoms in total. The minimum Gasteiger partial charge on any atom is -0.493 e. The highest BCUT2D eigenvalue weighted by Gasteiger charge is 2.42. The van der Waals surface area contributed by atoms with Crippen molar-refractivity contribution in [3.8, 4) is 5.75 Å². The van der Waals surface area contributed by atoms with Crippen LogP contribution in [-0.4, -0.2) is 30.9 Å². The Morgan fingerprint density at radius 1 is 1.22 bits per heavy atom. The summed E-state index contributed by atoms with van der Waals surface area (Å²) in [6, 6.07) is 7.67. The van der Waals surface area contributed by atoms with E-state index in [9.17, 15) is 9.90 Å².